The molecule has 1 unspecified atom stereocenters. The monoisotopic (exact) mass is 257 g/mol. The van der Waals surface area contributed by atoms with Crippen LogP contribution in [0.1, 0.15) is 18.0 Å². The summed E-state index contributed by atoms with van der Waals surface area (Å²) < 4.78 is 2.04. The molecule has 0 aromatic carbocycles. The average molecular weight is 258 g/mol. The van der Waals surface area contributed by atoms with Crippen LogP contribution in [0.5, 0.6) is 0 Å². The molecule has 0 fully saturated rings. The smallest absolute Gasteiger partial charge is 0.137 e. The van der Waals surface area contributed by atoms with Gasteiger partial charge in [-0.3, -0.25) is 4.98 Å². The van der Waals surface area contributed by atoms with E-state index in [2.05, 4.69) is 9.97 Å². The highest BCUT2D eigenvalue weighted by Crippen LogP contribution is 2.31. The molecule has 0 bridgehead atoms. The van der Waals surface area contributed by atoms with Gasteiger partial charge < -0.3 is 4.40 Å². The Labute approximate surface area is 110 Å². The molecular weight excluding hydrogens is 246 g/mol. The van der Waals surface area contributed by atoms with Crippen molar-refractivity contribution < 1.29 is 0 Å². The molecule has 0 saturated heterocycles. The van der Waals surface area contributed by atoms with E-state index in [1.165, 1.54) is 0 Å². The van der Waals surface area contributed by atoms with Gasteiger partial charge in [0.25, 0.3) is 0 Å². The number of nitrogens with zero attached hydrogens (tertiary/aromatic N) is 3. The Morgan fingerprint density at radius 1 is 1.17 bits per heavy atom. The second-order valence-electron chi connectivity index (χ2n) is 4.13. The normalized spacial score (nSPS) is 12.8. The first kappa shape index (κ1) is 11.2. The number of alkyl halides is 1. The first-order valence-electron chi connectivity index (χ1n) is 5.79. The summed E-state index contributed by atoms with van der Waals surface area (Å²) in [6.07, 6.45) is 5.52. The van der Waals surface area contributed by atoms with Gasteiger partial charge in [0.05, 0.1) is 16.8 Å². The average Bonchev–Trinajstić information content (AvgIpc) is 2.79. The Morgan fingerprint density at radius 3 is 2.67 bits per heavy atom. The number of imidazole rings is 1. The highest BCUT2D eigenvalue weighted by Gasteiger charge is 2.17. The zero-order valence-corrected chi connectivity index (χ0v) is 10.7. The van der Waals surface area contributed by atoms with Crippen LogP contribution in [0.15, 0.2) is 48.9 Å². The van der Waals surface area contributed by atoms with Crippen molar-refractivity contribution in [1.82, 2.24) is 14.4 Å². The minimum Gasteiger partial charge on any atom is -0.302 e. The summed E-state index contributed by atoms with van der Waals surface area (Å²) in [6, 6.07) is 9.83. The third-order valence-electron chi connectivity index (χ3n) is 2.90. The van der Waals surface area contributed by atoms with Crippen LogP contribution >= 0.6 is 11.6 Å². The molecule has 3 aromatic heterocycles. The van der Waals surface area contributed by atoms with E-state index in [1.807, 2.05) is 47.9 Å². The van der Waals surface area contributed by atoms with E-state index in [-0.39, 0.29) is 5.38 Å². The largest absolute Gasteiger partial charge is 0.302 e. The topological polar surface area (TPSA) is 30.2 Å². The summed E-state index contributed by atoms with van der Waals surface area (Å²) in [5.74, 6) is 0. The van der Waals surface area contributed by atoms with Crippen LogP contribution in [0.2, 0.25) is 0 Å². The minimum absolute atomic E-state index is 0.106. The molecule has 3 nitrogen and oxygen atoms in total. The van der Waals surface area contributed by atoms with Crippen LogP contribution in [0.25, 0.3) is 16.9 Å². The standard InChI is InChI=1S/C14H12ClN3/c1-10(15)14-13(11-5-7-16-8-6-11)17-12-4-2-3-9-18(12)14/h2-10H,1H3. The first-order chi connectivity index (χ1) is 8.77. The van der Waals surface area contributed by atoms with Gasteiger partial charge in [-0.05, 0) is 31.2 Å². The van der Waals surface area contributed by atoms with Gasteiger partial charge in [0.15, 0.2) is 0 Å². The molecular formula is C14H12ClN3. The van der Waals surface area contributed by atoms with Crippen molar-refractivity contribution in [3.8, 4) is 11.3 Å². The zero-order chi connectivity index (χ0) is 12.5. The molecule has 0 aliphatic rings. The highest BCUT2D eigenvalue weighted by atomic mass is 35.5. The van der Waals surface area contributed by atoms with Crippen molar-refractivity contribution in [2.45, 2.75) is 12.3 Å². The van der Waals surface area contributed by atoms with Gasteiger partial charge in [-0.1, -0.05) is 6.07 Å². The SMILES string of the molecule is CC(Cl)c1c(-c2ccncc2)nc2ccccn12. The lowest BCUT2D eigenvalue weighted by molar-refractivity contribution is 0.965. The van der Waals surface area contributed by atoms with Crippen molar-refractivity contribution in [3.63, 3.8) is 0 Å². The molecule has 0 saturated carbocycles. The molecule has 4 heteroatoms. The maximum atomic E-state index is 6.30. The van der Waals surface area contributed by atoms with Crippen molar-refractivity contribution in [3.05, 3.63) is 54.6 Å². The maximum Gasteiger partial charge on any atom is 0.137 e. The van der Waals surface area contributed by atoms with E-state index in [0.29, 0.717) is 0 Å². The Bertz CT molecular complexity index is 674. The molecule has 0 N–H and O–H groups in total. The number of pyridine rings is 2. The van der Waals surface area contributed by atoms with Crippen molar-refractivity contribution in [2.75, 3.05) is 0 Å². The fourth-order valence-corrected chi connectivity index (χ4v) is 2.33. The van der Waals surface area contributed by atoms with E-state index in [1.54, 1.807) is 12.4 Å². The molecule has 3 aromatic rings. The van der Waals surface area contributed by atoms with Crippen molar-refractivity contribution in [1.29, 1.82) is 0 Å². The summed E-state index contributed by atoms with van der Waals surface area (Å²) in [7, 11) is 0. The fourth-order valence-electron chi connectivity index (χ4n) is 2.12. The zero-order valence-electron chi connectivity index (χ0n) is 9.92. The van der Waals surface area contributed by atoms with Gasteiger partial charge in [-0.2, -0.15) is 0 Å². The first-order valence-corrected chi connectivity index (χ1v) is 6.22. The van der Waals surface area contributed by atoms with Crippen LogP contribution in [0.3, 0.4) is 0 Å². The van der Waals surface area contributed by atoms with Gasteiger partial charge in [0.2, 0.25) is 0 Å². The van der Waals surface area contributed by atoms with Gasteiger partial charge >= 0.3 is 0 Å². The summed E-state index contributed by atoms with van der Waals surface area (Å²) >= 11 is 6.30. The third-order valence-corrected chi connectivity index (χ3v) is 3.10. The van der Waals surface area contributed by atoms with Gasteiger partial charge in [0.1, 0.15) is 5.65 Å². The van der Waals surface area contributed by atoms with Crippen molar-refractivity contribution in [2.24, 2.45) is 0 Å². The molecule has 3 heterocycles. The number of hydrogen-bond donors (Lipinski definition) is 0. The van der Waals surface area contributed by atoms with Gasteiger partial charge in [0, 0.05) is 24.2 Å². The Hall–Kier alpha value is -1.87. The molecule has 0 spiro atoms. The number of hydrogen-bond acceptors (Lipinski definition) is 2. The number of aromatic nitrogens is 3. The lowest BCUT2D eigenvalue weighted by Gasteiger charge is -2.06. The minimum atomic E-state index is -0.106. The summed E-state index contributed by atoms with van der Waals surface area (Å²) in [4.78, 5) is 8.69. The summed E-state index contributed by atoms with van der Waals surface area (Å²) in [5.41, 5.74) is 3.88. The van der Waals surface area contributed by atoms with Gasteiger partial charge in [-0.25, -0.2) is 4.98 Å². The molecule has 90 valence electrons. The summed E-state index contributed by atoms with van der Waals surface area (Å²) in [5, 5.41) is -0.106. The number of rotatable bonds is 2. The Kier molecular flexibility index (Phi) is 2.76. The molecule has 0 aliphatic heterocycles. The molecule has 3 rings (SSSR count). The number of halogens is 1. The Balaban J connectivity index is 2.32. The fraction of sp³-hybridized carbons (Fsp3) is 0.143. The van der Waals surface area contributed by atoms with Crippen LogP contribution in [0.4, 0.5) is 0 Å². The van der Waals surface area contributed by atoms with Crippen LogP contribution in [0, 0.1) is 0 Å². The van der Waals surface area contributed by atoms with E-state index in [4.69, 9.17) is 11.6 Å². The van der Waals surface area contributed by atoms with Crippen molar-refractivity contribution >= 4 is 17.2 Å². The third kappa shape index (κ3) is 1.77. The van der Waals surface area contributed by atoms with E-state index in [9.17, 15) is 0 Å². The Morgan fingerprint density at radius 2 is 1.94 bits per heavy atom. The lowest BCUT2D eigenvalue weighted by Crippen LogP contribution is -1.94. The second-order valence-corrected chi connectivity index (χ2v) is 4.78. The highest BCUT2D eigenvalue weighted by molar-refractivity contribution is 6.20. The molecule has 0 aliphatic carbocycles. The summed E-state index contributed by atoms with van der Waals surface area (Å²) in [6.45, 7) is 1.96. The van der Waals surface area contributed by atoms with E-state index < -0.39 is 0 Å². The second kappa shape index (κ2) is 4.42. The van der Waals surface area contributed by atoms with Crippen LogP contribution in [-0.4, -0.2) is 14.4 Å². The lowest BCUT2D eigenvalue weighted by atomic mass is 10.1. The quantitative estimate of drug-likeness (QED) is 0.656. The molecule has 18 heavy (non-hydrogen) atoms. The maximum absolute atomic E-state index is 6.30. The molecule has 1 atom stereocenters. The predicted molar refractivity (Wildman–Crippen MR) is 72.7 cm³/mol. The molecule has 0 radical (unpaired) electrons. The predicted octanol–water partition coefficient (Wildman–Crippen LogP) is 3.70. The van der Waals surface area contributed by atoms with Gasteiger partial charge in [-0.15, -0.1) is 11.6 Å². The molecule has 0 amide bonds. The van der Waals surface area contributed by atoms with Crippen LogP contribution < -0.4 is 0 Å². The van der Waals surface area contributed by atoms with E-state index in [0.717, 1.165) is 22.6 Å². The van der Waals surface area contributed by atoms with Crippen LogP contribution in [-0.2, 0) is 0 Å². The number of fused-ring (bicyclic) bond motifs is 1. The van der Waals surface area contributed by atoms with E-state index >= 15 is 0 Å².